The minimum atomic E-state index is 0.380. The Hall–Kier alpha value is -0.910. The number of nitrogens with zero attached hydrogens (tertiary/aromatic N) is 3. The zero-order chi connectivity index (χ0) is 12.3. The fraction of sp³-hybridized carbons (Fsp3) is 0.750. The Labute approximate surface area is 102 Å². The molecule has 0 spiro atoms. The van der Waals surface area contributed by atoms with E-state index in [2.05, 4.69) is 29.1 Å². The van der Waals surface area contributed by atoms with E-state index in [4.69, 9.17) is 9.26 Å². The third kappa shape index (κ3) is 3.28. The molecule has 2 rings (SSSR count). The quantitative estimate of drug-likeness (QED) is 0.761. The summed E-state index contributed by atoms with van der Waals surface area (Å²) in [5, 5.41) is 3.93. The molecule has 0 aromatic carbocycles. The van der Waals surface area contributed by atoms with Crippen LogP contribution in [0.2, 0.25) is 0 Å². The largest absolute Gasteiger partial charge is 0.380 e. The van der Waals surface area contributed by atoms with Crippen LogP contribution in [-0.4, -0.2) is 61.4 Å². The molecule has 0 amide bonds. The molecule has 5 nitrogen and oxygen atoms in total. The summed E-state index contributed by atoms with van der Waals surface area (Å²) in [6.45, 7) is 2.89. The van der Waals surface area contributed by atoms with Gasteiger partial charge in [-0.1, -0.05) is 5.16 Å². The number of methoxy groups -OCH3 is 1. The van der Waals surface area contributed by atoms with E-state index in [1.807, 2.05) is 6.07 Å². The Balaban J connectivity index is 1.80. The second kappa shape index (κ2) is 5.62. The van der Waals surface area contributed by atoms with Crippen LogP contribution < -0.4 is 0 Å². The van der Waals surface area contributed by atoms with Crippen LogP contribution in [0.25, 0.3) is 0 Å². The van der Waals surface area contributed by atoms with Crippen LogP contribution in [0.15, 0.2) is 16.9 Å². The van der Waals surface area contributed by atoms with Crippen molar-refractivity contribution in [1.82, 2.24) is 15.0 Å². The number of likely N-dealkylation sites (tertiary alicyclic amines) is 1. The Kier molecular flexibility index (Phi) is 4.15. The molecule has 1 aliphatic heterocycles. The summed E-state index contributed by atoms with van der Waals surface area (Å²) in [5.41, 5.74) is 0.983. The van der Waals surface area contributed by atoms with E-state index in [0.29, 0.717) is 12.1 Å². The van der Waals surface area contributed by atoms with Gasteiger partial charge in [0.1, 0.15) is 6.26 Å². The second-order valence-corrected chi connectivity index (χ2v) is 4.87. The molecule has 5 heteroatoms. The number of aromatic nitrogens is 1. The number of rotatable bonds is 5. The van der Waals surface area contributed by atoms with Crippen LogP contribution in [0, 0.1) is 0 Å². The van der Waals surface area contributed by atoms with E-state index in [-0.39, 0.29) is 0 Å². The van der Waals surface area contributed by atoms with Crippen LogP contribution in [0.1, 0.15) is 12.1 Å². The molecular weight excluding hydrogens is 218 g/mol. The molecule has 1 saturated heterocycles. The van der Waals surface area contributed by atoms with E-state index in [1.54, 1.807) is 13.4 Å². The third-order valence-electron chi connectivity index (χ3n) is 3.43. The lowest BCUT2D eigenvalue weighted by molar-refractivity contribution is 0.111. The van der Waals surface area contributed by atoms with Crippen LogP contribution >= 0.6 is 0 Å². The van der Waals surface area contributed by atoms with Crippen LogP contribution in [0.4, 0.5) is 0 Å². The van der Waals surface area contributed by atoms with Crippen LogP contribution in [0.5, 0.6) is 0 Å². The monoisotopic (exact) mass is 239 g/mol. The zero-order valence-electron chi connectivity index (χ0n) is 10.8. The molecular formula is C12H21N3O2. The normalized spacial score (nSPS) is 25.9. The van der Waals surface area contributed by atoms with E-state index >= 15 is 0 Å². The smallest absolute Gasteiger partial charge is 0.124 e. The topological polar surface area (TPSA) is 41.7 Å². The number of likely N-dealkylation sites (N-methyl/N-ethyl adjacent to an activating group) is 2. The van der Waals surface area contributed by atoms with Crippen molar-refractivity contribution in [3.05, 3.63) is 18.0 Å². The summed E-state index contributed by atoms with van der Waals surface area (Å²) in [6.07, 6.45) is 3.10. The Morgan fingerprint density at radius 1 is 1.65 bits per heavy atom. The molecule has 0 bridgehead atoms. The average Bonchev–Trinajstić information content (AvgIpc) is 2.89. The predicted molar refractivity (Wildman–Crippen MR) is 64.7 cm³/mol. The number of hydrogen-bond donors (Lipinski definition) is 0. The van der Waals surface area contributed by atoms with Crippen LogP contribution in [0.3, 0.4) is 0 Å². The Morgan fingerprint density at radius 3 is 3.06 bits per heavy atom. The van der Waals surface area contributed by atoms with Crippen molar-refractivity contribution in [2.75, 3.05) is 34.3 Å². The highest BCUT2D eigenvalue weighted by molar-refractivity contribution is 4.95. The summed E-state index contributed by atoms with van der Waals surface area (Å²) >= 11 is 0. The highest BCUT2D eigenvalue weighted by atomic mass is 16.5. The lowest BCUT2D eigenvalue weighted by atomic mass is 10.2. The Bertz CT molecular complexity index is 329. The SMILES string of the molecule is CO[C@H]1C[C@@H](CN(C)Cc2ccon2)N(C)C1. The Morgan fingerprint density at radius 2 is 2.47 bits per heavy atom. The molecule has 0 unspecified atom stereocenters. The van der Waals surface area contributed by atoms with E-state index in [0.717, 1.165) is 31.7 Å². The van der Waals surface area contributed by atoms with Crippen LogP contribution in [-0.2, 0) is 11.3 Å². The van der Waals surface area contributed by atoms with Gasteiger partial charge in [-0.15, -0.1) is 0 Å². The minimum absolute atomic E-state index is 0.380. The van der Waals surface area contributed by atoms with Crippen molar-refractivity contribution in [2.45, 2.75) is 25.1 Å². The molecule has 0 N–H and O–H groups in total. The molecule has 96 valence electrons. The number of ether oxygens (including phenoxy) is 1. The zero-order valence-corrected chi connectivity index (χ0v) is 10.8. The van der Waals surface area contributed by atoms with Gasteiger partial charge < -0.3 is 9.26 Å². The summed E-state index contributed by atoms with van der Waals surface area (Å²) < 4.78 is 10.2. The van der Waals surface area contributed by atoms with Gasteiger partial charge in [-0.05, 0) is 20.5 Å². The van der Waals surface area contributed by atoms with Crippen molar-refractivity contribution in [2.24, 2.45) is 0 Å². The molecule has 2 heterocycles. The van der Waals surface area contributed by atoms with Gasteiger partial charge >= 0.3 is 0 Å². The van der Waals surface area contributed by atoms with Gasteiger partial charge in [0.05, 0.1) is 11.8 Å². The van der Waals surface area contributed by atoms with Crippen molar-refractivity contribution in [1.29, 1.82) is 0 Å². The molecule has 1 fully saturated rings. The third-order valence-corrected chi connectivity index (χ3v) is 3.43. The highest BCUT2D eigenvalue weighted by Gasteiger charge is 2.29. The van der Waals surface area contributed by atoms with Crippen molar-refractivity contribution < 1.29 is 9.26 Å². The standard InChI is InChI=1S/C12H21N3O2/c1-14(7-10-4-5-17-13-10)8-11-6-12(16-3)9-15(11)2/h4-5,11-12H,6-9H2,1-3H3/t11-,12-/m0/s1. The maximum atomic E-state index is 5.41. The number of hydrogen-bond acceptors (Lipinski definition) is 5. The van der Waals surface area contributed by atoms with E-state index in [1.165, 1.54) is 0 Å². The maximum Gasteiger partial charge on any atom is 0.124 e. The van der Waals surface area contributed by atoms with Crippen molar-refractivity contribution >= 4 is 0 Å². The second-order valence-electron chi connectivity index (χ2n) is 4.87. The first-order chi connectivity index (χ1) is 8.19. The fourth-order valence-corrected chi connectivity index (χ4v) is 2.43. The molecule has 0 saturated carbocycles. The first-order valence-electron chi connectivity index (χ1n) is 6.00. The van der Waals surface area contributed by atoms with Crippen molar-refractivity contribution in [3.8, 4) is 0 Å². The molecule has 17 heavy (non-hydrogen) atoms. The average molecular weight is 239 g/mol. The first-order valence-corrected chi connectivity index (χ1v) is 6.00. The molecule has 0 aliphatic carbocycles. The van der Waals surface area contributed by atoms with Gasteiger partial charge in [0.25, 0.3) is 0 Å². The van der Waals surface area contributed by atoms with E-state index < -0.39 is 0 Å². The van der Waals surface area contributed by atoms with Crippen molar-refractivity contribution in [3.63, 3.8) is 0 Å². The molecule has 1 aromatic rings. The maximum absolute atomic E-state index is 5.41. The van der Waals surface area contributed by atoms with Gasteiger partial charge in [-0.2, -0.15) is 0 Å². The van der Waals surface area contributed by atoms with Gasteiger partial charge in [0, 0.05) is 38.9 Å². The van der Waals surface area contributed by atoms with Gasteiger partial charge in [-0.25, -0.2) is 0 Å². The highest BCUT2D eigenvalue weighted by Crippen LogP contribution is 2.19. The van der Waals surface area contributed by atoms with Gasteiger partial charge in [0.2, 0.25) is 0 Å². The molecule has 2 atom stereocenters. The molecule has 1 aromatic heterocycles. The first kappa shape index (κ1) is 12.5. The fourth-order valence-electron chi connectivity index (χ4n) is 2.43. The lowest BCUT2D eigenvalue weighted by Crippen LogP contribution is -2.36. The van der Waals surface area contributed by atoms with Gasteiger partial charge in [0.15, 0.2) is 0 Å². The summed E-state index contributed by atoms with van der Waals surface area (Å²) in [5.74, 6) is 0. The van der Waals surface area contributed by atoms with Gasteiger partial charge in [-0.3, -0.25) is 9.80 Å². The minimum Gasteiger partial charge on any atom is -0.380 e. The van der Waals surface area contributed by atoms with E-state index in [9.17, 15) is 0 Å². The predicted octanol–water partition coefficient (Wildman–Crippen LogP) is 0.825. The summed E-state index contributed by atoms with van der Waals surface area (Å²) in [7, 11) is 6.07. The summed E-state index contributed by atoms with van der Waals surface area (Å²) in [6, 6.07) is 2.48. The summed E-state index contributed by atoms with van der Waals surface area (Å²) in [4.78, 5) is 4.64. The molecule has 1 aliphatic rings. The lowest BCUT2D eigenvalue weighted by Gasteiger charge is -2.24. The molecule has 0 radical (unpaired) electrons.